The third-order valence-corrected chi connectivity index (χ3v) is 7.56. The predicted molar refractivity (Wildman–Crippen MR) is 158 cm³/mol. The van der Waals surface area contributed by atoms with Crippen LogP contribution >= 0.6 is 0 Å². The third-order valence-electron chi connectivity index (χ3n) is 7.56. The molecule has 3 heteroatoms. The monoisotopic (exact) mass is 485 g/mol. The molecule has 8 aromatic rings. The molecule has 178 valence electrons. The van der Waals surface area contributed by atoms with Crippen molar-refractivity contribution in [3.05, 3.63) is 140 Å². The van der Waals surface area contributed by atoms with Gasteiger partial charge in [-0.2, -0.15) is 0 Å². The molecule has 3 aromatic heterocycles. The van der Waals surface area contributed by atoms with Crippen molar-refractivity contribution in [2.24, 2.45) is 0 Å². The average Bonchev–Trinajstić information content (AvgIpc) is 3.51. The maximum absolute atomic E-state index is 4.92. The van der Waals surface area contributed by atoms with Crippen LogP contribution in [0.25, 0.3) is 66.2 Å². The summed E-state index contributed by atoms with van der Waals surface area (Å²) in [6, 6.07) is 47.4. The van der Waals surface area contributed by atoms with E-state index in [-0.39, 0.29) is 0 Å². The van der Waals surface area contributed by atoms with Gasteiger partial charge in [-0.05, 0) is 42.5 Å². The number of pyridine rings is 1. The summed E-state index contributed by atoms with van der Waals surface area (Å²) in [4.78, 5) is 4.92. The summed E-state index contributed by atoms with van der Waals surface area (Å²) in [6.07, 6.45) is 1.95. The van der Waals surface area contributed by atoms with Gasteiger partial charge in [0.15, 0.2) is 0 Å². The molecule has 0 aliphatic rings. The second-order valence-electron chi connectivity index (χ2n) is 9.63. The molecule has 0 atom stereocenters. The normalized spacial score (nSPS) is 11.7. The molecule has 0 spiro atoms. The van der Waals surface area contributed by atoms with Crippen LogP contribution in [0.4, 0.5) is 0 Å². The van der Waals surface area contributed by atoms with Gasteiger partial charge in [-0.1, -0.05) is 91.0 Å². The standard InChI is InChI=1S/C35H23N3/c1-3-12-24(13-4-1)37-31-20-9-7-16-26(31)27-18-11-19-28(34(27)37)29-22-23-36-33-30-17-8-10-21-32(30)38(35(29)33)25-14-5-2-6-15-25/h1-23H. The van der Waals surface area contributed by atoms with Gasteiger partial charge < -0.3 is 9.13 Å². The second kappa shape index (κ2) is 8.19. The zero-order valence-corrected chi connectivity index (χ0v) is 20.6. The number of hydrogen-bond donors (Lipinski definition) is 0. The van der Waals surface area contributed by atoms with E-state index >= 15 is 0 Å². The maximum atomic E-state index is 4.92. The number of fused-ring (bicyclic) bond motifs is 6. The van der Waals surface area contributed by atoms with E-state index in [1.54, 1.807) is 0 Å². The van der Waals surface area contributed by atoms with E-state index in [1.165, 1.54) is 32.9 Å². The first kappa shape index (κ1) is 21.0. The minimum absolute atomic E-state index is 1.02. The molecule has 0 amide bonds. The van der Waals surface area contributed by atoms with Crippen LogP contribution in [0.3, 0.4) is 0 Å². The van der Waals surface area contributed by atoms with Crippen molar-refractivity contribution in [2.75, 3.05) is 0 Å². The average molecular weight is 486 g/mol. The van der Waals surface area contributed by atoms with Crippen LogP contribution in [-0.2, 0) is 0 Å². The largest absolute Gasteiger partial charge is 0.309 e. The van der Waals surface area contributed by atoms with Gasteiger partial charge in [-0.15, -0.1) is 0 Å². The second-order valence-corrected chi connectivity index (χ2v) is 9.63. The molecule has 5 aromatic carbocycles. The Morgan fingerprint density at radius 3 is 1.63 bits per heavy atom. The number of para-hydroxylation sites is 5. The minimum Gasteiger partial charge on any atom is -0.309 e. The lowest BCUT2D eigenvalue weighted by Crippen LogP contribution is -1.98. The molecule has 0 radical (unpaired) electrons. The SMILES string of the molecule is c1ccc(-n2c3ccccc3c3cccc(-c4ccnc5c6ccccc6n(-c6ccccc6)c45)c32)cc1. The van der Waals surface area contributed by atoms with Crippen LogP contribution in [0.2, 0.25) is 0 Å². The van der Waals surface area contributed by atoms with E-state index in [1.807, 2.05) is 6.20 Å². The van der Waals surface area contributed by atoms with Crippen molar-refractivity contribution < 1.29 is 0 Å². The minimum atomic E-state index is 1.02. The molecule has 0 N–H and O–H groups in total. The van der Waals surface area contributed by atoms with Crippen molar-refractivity contribution in [1.82, 2.24) is 14.1 Å². The molecule has 0 bridgehead atoms. The van der Waals surface area contributed by atoms with Gasteiger partial charge in [0.1, 0.15) is 0 Å². The van der Waals surface area contributed by atoms with E-state index in [9.17, 15) is 0 Å². The van der Waals surface area contributed by atoms with Gasteiger partial charge in [0.05, 0.1) is 27.6 Å². The summed E-state index contributed by atoms with van der Waals surface area (Å²) in [5.41, 5.74) is 10.3. The molecule has 0 saturated heterocycles. The Bertz CT molecular complexity index is 1960. The number of benzene rings is 5. The molecule has 0 saturated carbocycles. The number of rotatable bonds is 3. The van der Waals surface area contributed by atoms with Crippen LogP contribution in [0, 0.1) is 0 Å². The summed E-state index contributed by atoms with van der Waals surface area (Å²) in [5, 5.41) is 3.65. The Kier molecular flexibility index (Phi) is 4.52. The lowest BCUT2D eigenvalue weighted by Gasteiger charge is -2.14. The van der Waals surface area contributed by atoms with Gasteiger partial charge in [0.2, 0.25) is 0 Å². The predicted octanol–water partition coefficient (Wildman–Crippen LogP) is 8.94. The van der Waals surface area contributed by atoms with Crippen LogP contribution in [0.5, 0.6) is 0 Å². The summed E-state index contributed by atoms with van der Waals surface area (Å²) in [6.45, 7) is 0. The lowest BCUT2D eigenvalue weighted by atomic mass is 10.0. The highest BCUT2D eigenvalue weighted by Gasteiger charge is 2.21. The lowest BCUT2D eigenvalue weighted by molar-refractivity contribution is 1.17. The molecule has 38 heavy (non-hydrogen) atoms. The number of nitrogens with zero attached hydrogens (tertiary/aromatic N) is 3. The summed E-state index contributed by atoms with van der Waals surface area (Å²) >= 11 is 0. The summed E-state index contributed by atoms with van der Waals surface area (Å²) < 4.78 is 4.77. The van der Waals surface area contributed by atoms with E-state index in [0.29, 0.717) is 0 Å². The Morgan fingerprint density at radius 2 is 0.921 bits per heavy atom. The van der Waals surface area contributed by atoms with Gasteiger partial charge in [-0.25, -0.2) is 0 Å². The van der Waals surface area contributed by atoms with Crippen LogP contribution in [0.1, 0.15) is 0 Å². The summed E-state index contributed by atoms with van der Waals surface area (Å²) in [5.74, 6) is 0. The van der Waals surface area contributed by atoms with E-state index in [4.69, 9.17) is 4.98 Å². The first-order valence-electron chi connectivity index (χ1n) is 12.9. The first-order valence-corrected chi connectivity index (χ1v) is 12.9. The first-order chi connectivity index (χ1) is 18.9. The van der Waals surface area contributed by atoms with E-state index < -0.39 is 0 Å². The fourth-order valence-corrected chi connectivity index (χ4v) is 6.01. The fraction of sp³-hybridized carbons (Fsp3) is 0. The molecule has 0 unspecified atom stereocenters. The molecule has 3 nitrogen and oxygen atoms in total. The van der Waals surface area contributed by atoms with Crippen LogP contribution in [-0.4, -0.2) is 14.1 Å². The molecule has 0 aliphatic carbocycles. The Balaban J connectivity index is 1.57. The molecular formula is C35H23N3. The quantitative estimate of drug-likeness (QED) is 0.245. The smallest absolute Gasteiger partial charge is 0.0969 e. The van der Waals surface area contributed by atoms with Crippen molar-refractivity contribution in [3.8, 4) is 22.5 Å². The van der Waals surface area contributed by atoms with Gasteiger partial charge in [0.25, 0.3) is 0 Å². The third kappa shape index (κ3) is 2.93. The van der Waals surface area contributed by atoms with Crippen molar-refractivity contribution in [1.29, 1.82) is 0 Å². The highest BCUT2D eigenvalue weighted by atomic mass is 15.0. The molecule has 3 heterocycles. The highest BCUT2D eigenvalue weighted by molar-refractivity contribution is 6.18. The Hall–Kier alpha value is -5.15. The summed E-state index contributed by atoms with van der Waals surface area (Å²) in [7, 11) is 0. The van der Waals surface area contributed by atoms with Crippen molar-refractivity contribution >= 4 is 43.7 Å². The Morgan fingerprint density at radius 1 is 0.395 bits per heavy atom. The van der Waals surface area contributed by atoms with Crippen molar-refractivity contribution in [3.63, 3.8) is 0 Å². The Labute approximate surface area is 219 Å². The van der Waals surface area contributed by atoms with E-state index in [2.05, 4.69) is 143 Å². The maximum Gasteiger partial charge on any atom is 0.0969 e. The van der Waals surface area contributed by atoms with Crippen LogP contribution in [0.15, 0.2) is 140 Å². The highest BCUT2D eigenvalue weighted by Crippen LogP contribution is 2.42. The number of aromatic nitrogens is 3. The van der Waals surface area contributed by atoms with Gasteiger partial charge in [-0.3, -0.25) is 4.98 Å². The molecule has 0 fully saturated rings. The zero-order valence-electron chi connectivity index (χ0n) is 20.6. The number of hydrogen-bond acceptors (Lipinski definition) is 1. The van der Waals surface area contributed by atoms with Gasteiger partial charge >= 0.3 is 0 Å². The molecule has 8 rings (SSSR count). The van der Waals surface area contributed by atoms with E-state index in [0.717, 1.165) is 33.3 Å². The van der Waals surface area contributed by atoms with Crippen molar-refractivity contribution in [2.45, 2.75) is 0 Å². The van der Waals surface area contributed by atoms with Gasteiger partial charge in [0, 0.05) is 44.9 Å². The van der Waals surface area contributed by atoms with Crippen LogP contribution < -0.4 is 0 Å². The topological polar surface area (TPSA) is 22.8 Å². The zero-order chi connectivity index (χ0) is 25.1. The fourth-order valence-electron chi connectivity index (χ4n) is 6.01. The molecule has 0 aliphatic heterocycles. The molecular weight excluding hydrogens is 462 g/mol.